The number of hydrogen-bond donors (Lipinski definition) is 2. The first kappa shape index (κ1) is 18.8. The van der Waals surface area contributed by atoms with Crippen molar-refractivity contribution in [1.82, 2.24) is 15.5 Å². The number of amides is 2. The highest BCUT2D eigenvalue weighted by atomic mass is 32.2. The Morgan fingerprint density at radius 1 is 1.19 bits per heavy atom. The molecule has 8 heteroatoms. The van der Waals surface area contributed by atoms with Crippen molar-refractivity contribution in [3.05, 3.63) is 23.8 Å². The molecule has 2 aliphatic heterocycles. The van der Waals surface area contributed by atoms with E-state index in [0.717, 1.165) is 24.5 Å². The summed E-state index contributed by atoms with van der Waals surface area (Å²) < 4.78 is 10.5. The summed E-state index contributed by atoms with van der Waals surface area (Å²) in [5.41, 5.74) is 0.581. The fourth-order valence-corrected chi connectivity index (χ4v) is 4.19. The molecule has 26 heavy (non-hydrogen) atoms. The molecule has 2 saturated heterocycles. The number of nitrogens with one attached hydrogen (secondary N) is 2. The van der Waals surface area contributed by atoms with Crippen molar-refractivity contribution >= 4 is 23.6 Å². The number of methoxy groups -OCH3 is 2. The summed E-state index contributed by atoms with van der Waals surface area (Å²) in [5, 5.41) is 6.28. The van der Waals surface area contributed by atoms with E-state index in [9.17, 15) is 9.59 Å². The van der Waals surface area contributed by atoms with Crippen LogP contribution in [0.5, 0.6) is 11.5 Å². The maximum absolute atomic E-state index is 12.7. The van der Waals surface area contributed by atoms with Gasteiger partial charge in [0.05, 0.1) is 20.3 Å². The molecule has 2 amide bonds. The first-order chi connectivity index (χ1) is 12.6. The van der Waals surface area contributed by atoms with Crippen LogP contribution in [0.15, 0.2) is 18.2 Å². The van der Waals surface area contributed by atoms with Crippen LogP contribution in [0.3, 0.4) is 0 Å². The van der Waals surface area contributed by atoms with Crippen LogP contribution in [0.25, 0.3) is 0 Å². The fourth-order valence-electron chi connectivity index (χ4n) is 3.24. The number of rotatable bonds is 5. The lowest BCUT2D eigenvalue weighted by molar-refractivity contribution is -0.123. The normalized spacial score (nSPS) is 20.7. The van der Waals surface area contributed by atoms with E-state index in [0.29, 0.717) is 30.2 Å². The molecule has 7 nitrogen and oxygen atoms in total. The molecule has 1 atom stereocenters. The second-order valence-corrected chi connectivity index (χ2v) is 7.45. The Kier molecular flexibility index (Phi) is 6.26. The molecule has 2 N–H and O–H groups in total. The number of nitrogens with zero attached hydrogens (tertiary/aromatic N) is 1. The van der Waals surface area contributed by atoms with Gasteiger partial charge in [0.2, 0.25) is 5.91 Å². The molecule has 0 bridgehead atoms. The van der Waals surface area contributed by atoms with Crippen LogP contribution in [0.2, 0.25) is 0 Å². The van der Waals surface area contributed by atoms with Crippen molar-refractivity contribution in [2.75, 3.05) is 38.9 Å². The number of benzene rings is 1. The smallest absolute Gasteiger partial charge is 0.253 e. The maximum atomic E-state index is 12.7. The van der Waals surface area contributed by atoms with Gasteiger partial charge in [-0.15, -0.1) is 11.8 Å². The van der Waals surface area contributed by atoms with E-state index in [-0.39, 0.29) is 23.9 Å². The molecular formula is C18H25N3O4S. The quantitative estimate of drug-likeness (QED) is 0.797. The van der Waals surface area contributed by atoms with Gasteiger partial charge in [-0.05, 0) is 31.0 Å². The van der Waals surface area contributed by atoms with Gasteiger partial charge in [-0.3, -0.25) is 14.9 Å². The Labute approximate surface area is 157 Å². The molecule has 0 aliphatic carbocycles. The lowest BCUT2D eigenvalue weighted by atomic mass is 10.0. The Balaban J connectivity index is 1.54. The molecule has 0 aromatic heterocycles. The number of hydrogen-bond acceptors (Lipinski definition) is 6. The van der Waals surface area contributed by atoms with Gasteiger partial charge in [-0.2, -0.15) is 0 Å². The van der Waals surface area contributed by atoms with Gasteiger partial charge in [-0.25, -0.2) is 0 Å². The Morgan fingerprint density at radius 2 is 1.92 bits per heavy atom. The molecule has 2 fully saturated rings. The minimum atomic E-state index is -0.0913. The minimum Gasteiger partial charge on any atom is -0.493 e. The molecule has 1 aromatic carbocycles. The lowest BCUT2D eigenvalue weighted by Crippen LogP contribution is -2.51. The number of carbonyl (C=O) groups is 2. The van der Waals surface area contributed by atoms with Gasteiger partial charge in [0.1, 0.15) is 0 Å². The van der Waals surface area contributed by atoms with Crippen molar-refractivity contribution in [2.24, 2.45) is 0 Å². The number of carbonyl (C=O) groups excluding carboxylic acids is 2. The standard InChI is InChI=1S/C18H25N3O4S/c1-24-15-4-3-12(9-16(15)25-2)18(23)21-7-5-13(6-8-21)20-17(22)14-10-26-11-19-14/h3-4,9,13-14,19H,5-8,10-11H2,1-2H3,(H,20,22). The SMILES string of the molecule is COc1ccc(C(=O)N2CCC(NC(=O)C3CSCN3)CC2)cc1OC. The predicted molar refractivity (Wildman–Crippen MR) is 101 cm³/mol. The highest BCUT2D eigenvalue weighted by molar-refractivity contribution is 7.99. The van der Waals surface area contributed by atoms with Crippen molar-refractivity contribution in [3.8, 4) is 11.5 Å². The zero-order valence-corrected chi connectivity index (χ0v) is 15.9. The van der Waals surface area contributed by atoms with Crippen molar-refractivity contribution in [1.29, 1.82) is 0 Å². The molecule has 1 unspecified atom stereocenters. The van der Waals surface area contributed by atoms with Crippen LogP contribution in [-0.4, -0.2) is 67.7 Å². The Morgan fingerprint density at radius 3 is 2.54 bits per heavy atom. The van der Waals surface area contributed by atoms with Crippen LogP contribution >= 0.6 is 11.8 Å². The molecule has 0 spiro atoms. The topological polar surface area (TPSA) is 79.9 Å². The average molecular weight is 379 g/mol. The second kappa shape index (κ2) is 8.64. The first-order valence-corrected chi connectivity index (χ1v) is 9.90. The predicted octanol–water partition coefficient (Wildman–Crippen LogP) is 1.09. The van der Waals surface area contributed by atoms with Crippen LogP contribution in [0.1, 0.15) is 23.2 Å². The zero-order chi connectivity index (χ0) is 18.5. The molecule has 1 aromatic rings. The number of thioether (sulfide) groups is 1. The third kappa shape index (κ3) is 4.24. The molecule has 0 radical (unpaired) electrons. The highest BCUT2D eigenvalue weighted by Gasteiger charge is 2.28. The van der Waals surface area contributed by atoms with Crippen molar-refractivity contribution < 1.29 is 19.1 Å². The molecule has 2 heterocycles. The van der Waals surface area contributed by atoms with Crippen LogP contribution in [0.4, 0.5) is 0 Å². The van der Waals surface area contributed by atoms with Gasteiger partial charge in [-0.1, -0.05) is 0 Å². The van der Waals surface area contributed by atoms with E-state index in [4.69, 9.17) is 9.47 Å². The fraction of sp³-hybridized carbons (Fsp3) is 0.556. The molecule has 3 rings (SSSR count). The summed E-state index contributed by atoms with van der Waals surface area (Å²) in [6.07, 6.45) is 1.54. The maximum Gasteiger partial charge on any atom is 0.253 e. The van der Waals surface area contributed by atoms with Crippen molar-refractivity contribution in [3.63, 3.8) is 0 Å². The second-order valence-electron chi connectivity index (χ2n) is 6.42. The Bertz CT molecular complexity index is 656. The summed E-state index contributed by atoms with van der Waals surface area (Å²) in [5.74, 6) is 2.84. The zero-order valence-electron chi connectivity index (χ0n) is 15.1. The summed E-state index contributed by atoms with van der Waals surface area (Å²) in [6, 6.07) is 5.24. The first-order valence-electron chi connectivity index (χ1n) is 8.75. The molecule has 2 aliphatic rings. The van der Waals surface area contributed by atoms with E-state index in [1.165, 1.54) is 0 Å². The van der Waals surface area contributed by atoms with E-state index < -0.39 is 0 Å². The number of piperidine rings is 1. The monoisotopic (exact) mass is 379 g/mol. The van der Waals surface area contributed by atoms with E-state index in [1.807, 2.05) is 4.90 Å². The van der Waals surface area contributed by atoms with E-state index >= 15 is 0 Å². The minimum absolute atomic E-state index is 0.0235. The largest absolute Gasteiger partial charge is 0.493 e. The van der Waals surface area contributed by atoms with Gasteiger partial charge in [0.15, 0.2) is 11.5 Å². The summed E-state index contributed by atoms with van der Waals surface area (Å²) >= 11 is 1.74. The average Bonchev–Trinajstić information content (AvgIpc) is 3.22. The summed E-state index contributed by atoms with van der Waals surface area (Å²) in [6.45, 7) is 1.26. The van der Waals surface area contributed by atoms with Crippen molar-refractivity contribution in [2.45, 2.75) is 24.9 Å². The van der Waals surface area contributed by atoms with Gasteiger partial charge in [0, 0.05) is 36.3 Å². The van der Waals surface area contributed by atoms with Crippen LogP contribution in [-0.2, 0) is 4.79 Å². The molecular weight excluding hydrogens is 354 g/mol. The van der Waals surface area contributed by atoms with E-state index in [1.54, 1.807) is 44.2 Å². The third-order valence-corrected chi connectivity index (χ3v) is 5.73. The van der Waals surface area contributed by atoms with Gasteiger partial charge < -0.3 is 19.7 Å². The third-order valence-electron chi connectivity index (χ3n) is 4.79. The molecule has 0 saturated carbocycles. The number of likely N-dealkylation sites (tertiary alicyclic amines) is 1. The number of ether oxygens (including phenoxy) is 2. The Hall–Kier alpha value is -1.93. The molecule has 142 valence electrons. The summed E-state index contributed by atoms with van der Waals surface area (Å²) in [4.78, 5) is 26.8. The van der Waals surface area contributed by atoms with Gasteiger partial charge in [0.25, 0.3) is 5.91 Å². The highest BCUT2D eigenvalue weighted by Crippen LogP contribution is 2.28. The van der Waals surface area contributed by atoms with E-state index in [2.05, 4.69) is 10.6 Å². The van der Waals surface area contributed by atoms with Gasteiger partial charge >= 0.3 is 0 Å². The lowest BCUT2D eigenvalue weighted by Gasteiger charge is -2.33. The van der Waals surface area contributed by atoms with Crippen LogP contribution in [0, 0.1) is 0 Å². The van der Waals surface area contributed by atoms with Crippen LogP contribution < -0.4 is 20.1 Å². The summed E-state index contributed by atoms with van der Waals surface area (Å²) in [7, 11) is 3.12.